The Kier molecular flexibility index (Phi) is 3.79. The summed E-state index contributed by atoms with van der Waals surface area (Å²) in [7, 11) is 0. The molecule has 2 heterocycles. The predicted molar refractivity (Wildman–Crippen MR) is 86.9 cm³/mol. The van der Waals surface area contributed by atoms with E-state index in [1.54, 1.807) is 6.20 Å². The van der Waals surface area contributed by atoms with Crippen LogP contribution in [0.25, 0.3) is 22.3 Å². The van der Waals surface area contributed by atoms with Crippen molar-refractivity contribution in [2.75, 3.05) is 0 Å². The topological polar surface area (TPSA) is 38.7 Å². The van der Waals surface area contributed by atoms with E-state index in [1.807, 2.05) is 38.1 Å². The molecule has 0 spiro atoms. The van der Waals surface area contributed by atoms with Crippen molar-refractivity contribution in [1.29, 1.82) is 0 Å². The molecule has 106 valence electrons. The maximum absolute atomic E-state index is 6.27. The van der Waals surface area contributed by atoms with Gasteiger partial charge in [0.15, 0.2) is 5.82 Å². The monoisotopic (exact) mass is 317 g/mol. The lowest BCUT2D eigenvalue weighted by molar-refractivity contribution is 1.00. The summed E-state index contributed by atoms with van der Waals surface area (Å²) in [6.45, 7) is 3.98. The van der Waals surface area contributed by atoms with Gasteiger partial charge in [0.25, 0.3) is 0 Å². The van der Waals surface area contributed by atoms with Crippen molar-refractivity contribution < 1.29 is 0 Å². The van der Waals surface area contributed by atoms with Crippen molar-refractivity contribution in [1.82, 2.24) is 15.0 Å². The van der Waals surface area contributed by atoms with Crippen molar-refractivity contribution in [3.63, 3.8) is 0 Å². The van der Waals surface area contributed by atoms with Gasteiger partial charge in [-0.05, 0) is 37.6 Å². The summed E-state index contributed by atoms with van der Waals surface area (Å²) < 4.78 is 0. The highest BCUT2D eigenvalue weighted by Gasteiger charge is 2.14. The zero-order valence-electron chi connectivity index (χ0n) is 11.7. The molecule has 0 amide bonds. The first kappa shape index (κ1) is 14.2. The van der Waals surface area contributed by atoms with Gasteiger partial charge in [-0.3, -0.25) is 4.98 Å². The van der Waals surface area contributed by atoms with Crippen LogP contribution in [0.3, 0.4) is 0 Å². The fourth-order valence-corrected chi connectivity index (χ4v) is 2.97. The molecule has 3 nitrogen and oxygen atoms in total. The van der Waals surface area contributed by atoms with Crippen molar-refractivity contribution in [3.8, 4) is 11.4 Å². The van der Waals surface area contributed by atoms with Crippen LogP contribution in [0.15, 0.2) is 30.5 Å². The number of pyridine rings is 1. The summed E-state index contributed by atoms with van der Waals surface area (Å²) in [5, 5.41) is 2.04. The highest BCUT2D eigenvalue weighted by atomic mass is 35.5. The molecular formula is C16H13Cl2N3. The molecule has 5 heteroatoms. The van der Waals surface area contributed by atoms with E-state index in [2.05, 4.69) is 15.0 Å². The lowest BCUT2D eigenvalue weighted by Crippen LogP contribution is -2.00. The van der Waals surface area contributed by atoms with E-state index >= 15 is 0 Å². The summed E-state index contributed by atoms with van der Waals surface area (Å²) in [6.07, 6.45) is 2.54. The molecule has 0 fully saturated rings. The highest BCUT2D eigenvalue weighted by molar-refractivity contribution is 6.35. The second kappa shape index (κ2) is 5.58. The number of halogens is 2. The van der Waals surface area contributed by atoms with Crippen LogP contribution >= 0.6 is 23.2 Å². The molecule has 3 aromatic rings. The molecule has 0 radical (unpaired) electrons. The van der Waals surface area contributed by atoms with Crippen molar-refractivity contribution in [3.05, 3.63) is 51.9 Å². The predicted octanol–water partition coefficient (Wildman–Crippen LogP) is 4.87. The second-order valence-electron chi connectivity index (χ2n) is 4.75. The number of hydrogen-bond acceptors (Lipinski definition) is 3. The van der Waals surface area contributed by atoms with Crippen LogP contribution in [0, 0.1) is 6.92 Å². The SMILES string of the molecule is CCc1c(C)nc(-c2ccc(Cl)c3cccnc23)nc1Cl. The Labute approximate surface area is 133 Å². The minimum atomic E-state index is 0.499. The molecule has 0 unspecified atom stereocenters. The van der Waals surface area contributed by atoms with Crippen LogP contribution in [-0.2, 0) is 6.42 Å². The van der Waals surface area contributed by atoms with Gasteiger partial charge in [-0.15, -0.1) is 0 Å². The van der Waals surface area contributed by atoms with Crippen LogP contribution in [0.2, 0.25) is 10.2 Å². The third-order valence-corrected chi connectivity index (χ3v) is 4.12. The van der Waals surface area contributed by atoms with E-state index in [-0.39, 0.29) is 0 Å². The summed E-state index contributed by atoms with van der Waals surface area (Å²) in [5.41, 5.74) is 3.49. The molecule has 0 bridgehead atoms. The molecule has 1 aromatic carbocycles. The van der Waals surface area contributed by atoms with Crippen LogP contribution < -0.4 is 0 Å². The first-order chi connectivity index (χ1) is 10.1. The number of fused-ring (bicyclic) bond motifs is 1. The minimum absolute atomic E-state index is 0.499. The fourth-order valence-electron chi connectivity index (χ4n) is 2.40. The lowest BCUT2D eigenvalue weighted by Gasteiger charge is -2.10. The average molecular weight is 318 g/mol. The first-order valence-electron chi connectivity index (χ1n) is 6.68. The molecule has 0 atom stereocenters. The van der Waals surface area contributed by atoms with Gasteiger partial charge in [0, 0.05) is 28.4 Å². The van der Waals surface area contributed by atoms with Crippen LogP contribution in [0.4, 0.5) is 0 Å². The maximum atomic E-state index is 6.27. The standard InChI is InChI=1S/C16H13Cl2N3/c1-3-10-9(2)20-16(21-15(10)18)12-6-7-13(17)11-5-4-8-19-14(11)12/h4-8H,3H2,1-2H3. The summed E-state index contributed by atoms with van der Waals surface area (Å²) >= 11 is 12.5. The number of hydrogen-bond donors (Lipinski definition) is 0. The summed E-state index contributed by atoms with van der Waals surface area (Å²) in [4.78, 5) is 13.4. The molecule has 0 saturated carbocycles. The lowest BCUT2D eigenvalue weighted by atomic mass is 10.1. The third-order valence-electron chi connectivity index (χ3n) is 3.47. The van der Waals surface area contributed by atoms with E-state index in [0.717, 1.165) is 34.1 Å². The van der Waals surface area contributed by atoms with E-state index in [1.165, 1.54) is 0 Å². The van der Waals surface area contributed by atoms with Gasteiger partial charge in [-0.25, -0.2) is 9.97 Å². The number of nitrogens with zero attached hydrogens (tertiary/aromatic N) is 3. The van der Waals surface area contributed by atoms with E-state index in [0.29, 0.717) is 16.0 Å². The molecule has 0 aliphatic rings. The van der Waals surface area contributed by atoms with Gasteiger partial charge in [0.1, 0.15) is 5.15 Å². The Hall–Kier alpha value is -1.71. The molecule has 0 aliphatic heterocycles. The van der Waals surface area contributed by atoms with Crippen LogP contribution in [0.5, 0.6) is 0 Å². The smallest absolute Gasteiger partial charge is 0.163 e. The van der Waals surface area contributed by atoms with Crippen molar-refractivity contribution >= 4 is 34.1 Å². The van der Waals surface area contributed by atoms with Crippen LogP contribution in [0.1, 0.15) is 18.2 Å². The molecule has 0 N–H and O–H groups in total. The summed E-state index contributed by atoms with van der Waals surface area (Å²) in [6, 6.07) is 7.51. The number of aryl methyl sites for hydroxylation is 1. The quantitative estimate of drug-likeness (QED) is 0.633. The highest BCUT2D eigenvalue weighted by Crippen LogP contribution is 2.31. The Morgan fingerprint density at radius 1 is 1.10 bits per heavy atom. The van der Waals surface area contributed by atoms with E-state index < -0.39 is 0 Å². The number of rotatable bonds is 2. The Bertz CT molecular complexity index is 808. The van der Waals surface area contributed by atoms with Gasteiger partial charge in [0.05, 0.1) is 10.5 Å². The van der Waals surface area contributed by atoms with Crippen molar-refractivity contribution in [2.24, 2.45) is 0 Å². The second-order valence-corrected chi connectivity index (χ2v) is 5.52. The maximum Gasteiger partial charge on any atom is 0.163 e. The van der Waals surface area contributed by atoms with Gasteiger partial charge >= 0.3 is 0 Å². The number of aromatic nitrogens is 3. The van der Waals surface area contributed by atoms with E-state index in [4.69, 9.17) is 23.2 Å². The van der Waals surface area contributed by atoms with Crippen molar-refractivity contribution in [2.45, 2.75) is 20.3 Å². The van der Waals surface area contributed by atoms with Gasteiger partial charge in [0.2, 0.25) is 0 Å². The molecule has 21 heavy (non-hydrogen) atoms. The Morgan fingerprint density at radius 2 is 1.90 bits per heavy atom. The zero-order valence-corrected chi connectivity index (χ0v) is 13.2. The zero-order chi connectivity index (χ0) is 15.0. The first-order valence-corrected chi connectivity index (χ1v) is 7.44. The summed E-state index contributed by atoms with van der Waals surface area (Å²) in [5.74, 6) is 0.579. The minimum Gasteiger partial charge on any atom is -0.255 e. The molecular weight excluding hydrogens is 305 g/mol. The average Bonchev–Trinajstić information content (AvgIpc) is 2.47. The normalized spacial score (nSPS) is 11.0. The number of benzene rings is 1. The Morgan fingerprint density at radius 3 is 2.62 bits per heavy atom. The molecule has 0 aliphatic carbocycles. The van der Waals surface area contributed by atoms with Gasteiger partial charge < -0.3 is 0 Å². The third kappa shape index (κ3) is 2.47. The fraction of sp³-hybridized carbons (Fsp3) is 0.188. The largest absolute Gasteiger partial charge is 0.255 e. The molecule has 0 saturated heterocycles. The molecule has 3 rings (SSSR count). The molecule has 2 aromatic heterocycles. The Balaban J connectivity index is 2.29. The van der Waals surface area contributed by atoms with E-state index in [9.17, 15) is 0 Å². The van der Waals surface area contributed by atoms with Gasteiger partial charge in [-0.2, -0.15) is 0 Å². The van der Waals surface area contributed by atoms with Gasteiger partial charge in [-0.1, -0.05) is 30.1 Å². The van der Waals surface area contributed by atoms with Crippen LogP contribution in [-0.4, -0.2) is 15.0 Å².